The number of pyridine rings is 1. The number of methoxy groups -OCH3 is 3. The molecule has 5 rings (SSSR count). The molecule has 0 bridgehead atoms. The number of hydrogen-bond donors (Lipinski definition) is 1. The minimum atomic E-state index is 0.527. The van der Waals surface area contributed by atoms with Gasteiger partial charge in [0.05, 0.1) is 40.1 Å². The third-order valence-electron chi connectivity index (χ3n) is 5.91. The molecule has 0 atom stereocenters. The smallest absolute Gasteiger partial charge is 0.212 e. The molecule has 1 aliphatic heterocycles. The Hall–Kier alpha value is -4.11. The van der Waals surface area contributed by atoms with Crippen LogP contribution < -0.4 is 24.4 Å². The van der Waals surface area contributed by atoms with Crippen molar-refractivity contribution in [2.45, 2.75) is 0 Å². The average Bonchev–Trinajstić information content (AvgIpc) is 2.93. The van der Waals surface area contributed by atoms with Gasteiger partial charge in [-0.3, -0.25) is 0 Å². The molecular formula is C26H27N5O4. The number of rotatable bonds is 7. The van der Waals surface area contributed by atoms with Crippen molar-refractivity contribution < 1.29 is 18.9 Å². The molecule has 1 aliphatic rings. The number of nitrogens with one attached hydrogen (secondary N) is 1. The molecule has 2 aromatic carbocycles. The molecule has 4 aromatic rings. The van der Waals surface area contributed by atoms with Gasteiger partial charge in [-0.05, 0) is 36.4 Å². The standard InChI is InChI=1S/C26H27N5O4/c1-32-22-14-20-21(15-23(22)33-2)29-25(17-4-9-24(34-3)27-16-17)30-26(20)28-18-5-7-19(8-6-18)31-10-12-35-13-11-31/h4-9,14-16H,10-13H2,1-3H3,(H,28,29,30). The van der Waals surface area contributed by atoms with Gasteiger partial charge >= 0.3 is 0 Å². The molecule has 1 saturated heterocycles. The van der Waals surface area contributed by atoms with Crippen LogP contribution in [0.15, 0.2) is 54.7 Å². The lowest BCUT2D eigenvalue weighted by molar-refractivity contribution is 0.122. The third kappa shape index (κ3) is 4.76. The van der Waals surface area contributed by atoms with E-state index in [1.165, 1.54) is 5.69 Å². The summed E-state index contributed by atoms with van der Waals surface area (Å²) in [7, 11) is 4.80. The molecule has 1 fully saturated rings. The van der Waals surface area contributed by atoms with E-state index in [0.29, 0.717) is 29.0 Å². The zero-order valence-electron chi connectivity index (χ0n) is 19.9. The van der Waals surface area contributed by atoms with Crippen LogP contribution in [0.5, 0.6) is 17.4 Å². The molecular weight excluding hydrogens is 446 g/mol. The fourth-order valence-electron chi connectivity index (χ4n) is 4.03. The first-order valence-corrected chi connectivity index (χ1v) is 11.3. The summed E-state index contributed by atoms with van der Waals surface area (Å²) in [4.78, 5) is 16.2. The molecule has 0 amide bonds. The summed E-state index contributed by atoms with van der Waals surface area (Å²) in [5, 5.41) is 4.27. The maximum absolute atomic E-state index is 5.52. The highest BCUT2D eigenvalue weighted by molar-refractivity contribution is 5.94. The van der Waals surface area contributed by atoms with Crippen LogP contribution in [0.1, 0.15) is 0 Å². The van der Waals surface area contributed by atoms with Crippen LogP contribution >= 0.6 is 0 Å². The van der Waals surface area contributed by atoms with E-state index in [-0.39, 0.29) is 0 Å². The summed E-state index contributed by atoms with van der Waals surface area (Å²) in [6, 6.07) is 15.7. The van der Waals surface area contributed by atoms with Crippen molar-refractivity contribution in [1.29, 1.82) is 0 Å². The monoisotopic (exact) mass is 473 g/mol. The Bertz CT molecular complexity index is 1310. The third-order valence-corrected chi connectivity index (χ3v) is 5.91. The minimum Gasteiger partial charge on any atom is -0.493 e. The van der Waals surface area contributed by atoms with Crippen LogP contribution in [0.25, 0.3) is 22.3 Å². The van der Waals surface area contributed by atoms with Crippen molar-refractivity contribution in [2.75, 3.05) is 57.8 Å². The topological polar surface area (TPSA) is 90.9 Å². The number of ether oxygens (including phenoxy) is 4. The lowest BCUT2D eigenvalue weighted by Crippen LogP contribution is -2.36. The Morgan fingerprint density at radius 3 is 2.26 bits per heavy atom. The number of morpholine rings is 1. The Kier molecular flexibility index (Phi) is 6.49. The summed E-state index contributed by atoms with van der Waals surface area (Å²) in [6.45, 7) is 3.29. The second-order valence-corrected chi connectivity index (χ2v) is 7.98. The predicted molar refractivity (Wildman–Crippen MR) is 135 cm³/mol. The average molecular weight is 474 g/mol. The lowest BCUT2D eigenvalue weighted by atomic mass is 10.1. The van der Waals surface area contributed by atoms with Gasteiger partial charge in [-0.25, -0.2) is 15.0 Å². The highest BCUT2D eigenvalue weighted by atomic mass is 16.5. The highest BCUT2D eigenvalue weighted by Gasteiger charge is 2.16. The van der Waals surface area contributed by atoms with E-state index < -0.39 is 0 Å². The summed E-state index contributed by atoms with van der Waals surface area (Å²) in [6.07, 6.45) is 1.70. The van der Waals surface area contributed by atoms with Crippen molar-refractivity contribution in [1.82, 2.24) is 15.0 Å². The Morgan fingerprint density at radius 1 is 0.857 bits per heavy atom. The fourth-order valence-corrected chi connectivity index (χ4v) is 4.03. The molecule has 9 heteroatoms. The second-order valence-electron chi connectivity index (χ2n) is 7.98. The molecule has 0 saturated carbocycles. The van der Waals surface area contributed by atoms with Crippen molar-refractivity contribution in [2.24, 2.45) is 0 Å². The number of hydrogen-bond acceptors (Lipinski definition) is 9. The van der Waals surface area contributed by atoms with E-state index in [1.807, 2.05) is 30.3 Å². The number of benzene rings is 2. The molecule has 0 aliphatic carbocycles. The van der Waals surface area contributed by atoms with E-state index >= 15 is 0 Å². The summed E-state index contributed by atoms with van der Waals surface area (Å²) in [5.41, 5.74) is 3.57. The van der Waals surface area contributed by atoms with Crippen LogP contribution in [0, 0.1) is 0 Å². The first kappa shape index (κ1) is 22.7. The van der Waals surface area contributed by atoms with Gasteiger partial charge in [0.2, 0.25) is 5.88 Å². The normalized spacial score (nSPS) is 13.5. The van der Waals surface area contributed by atoms with E-state index in [9.17, 15) is 0 Å². The van der Waals surface area contributed by atoms with Gasteiger partial charge < -0.3 is 29.2 Å². The molecule has 2 aromatic heterocycles. The van der Waals surface area contributed by atoms with E-state index in [0.717, 1.165) is 48.5 Å². The Morgan fingerprint density at radius 2 is 1.60 bits per heavy atom. The van der Waals surface area contributed by atoms with Gasteiger partial charge in [0, 0.05) is 53.7 Å². The van der Waals surface area contributed by atoms with E-state index in [2.05, 4.69) is 27.3 Å². The number of anilines is 3. The Labute approximate surface area is 203 Å². The second kappa shape index (κ2) is 10.0. The summed E-state index contributed by atoms with van der Waals surface area (Å²) >= 11 is 0. The van der Waals surface area contributed by atoms with Crippen molar-refractivity contribution in [3.8, 4) is 28.8 Å². The number of aromatic nitrogens is 3. The molecule has 1 N–H and O–H groups in total. The van der Waals surface area contributed by atoms with Gasteiger partial charge in [0.25, 0.3) is 0 Å². The minimum absolute atomic E-state index is 0.527. The zero-order valence-corrected chi connectivity index (χ0v) is 19.9. The maximum Gasteiger partial charge on any atom is 0.212 e. The van der Waals surface area contributed by atoms with E-state index in [1.54, 1.807) is 33.6 Å². The molecule has 0 radical (unpaired) electrons. The van der Waals surface area contributed by atoms with E-state index in [4.69, 9.17) is 28.9 Å². The van der Waals surface area contributed by atoms with Crippen LogP contribution in [0.4, 0.5) is 17.2 Å². The molecule has 0 spiro atoms. The van der Waals surface area contributed by atoms with Gasteiger partial charge in [-0.2, -0.15) is 0 Å². The first-order chi connectivity index (χ1) is 17.2. The molecule has 3 heterocycles. The highest BCUT2D eigenvalue weighted by Crippen LogP contribution is 2.36. The SMILES string of the molecule is COc1ccc(-c2nc(Nc3ccc(N4CCOCC4)cc3)c3cc(OC)c(OC)cc3n2)cn1. The van der Waals surface area contributed by atoms with Crippen molar-refractivity contribution >= 4 is 28.1 Å². The van der Waals surface area contributed by atoms with Crippen molar-refractivity contribution in [3.05, 3.63) is 54.7 Å². The number of nitrogens with zero attached hydrogens (tertiary/aromatic N) is 4. The Balaban J connectivity index is 1.54. The molecule has 0 unspecified atom stereocenters. The predicted octanol–water partition coefficient (Wildman–Crippen LogP) is 4.30. The number of fused-ring (bicyclic) bond motifs is 1. The summed E-state index contributed by atoms with van der Waals surface area (Å²) < 4.78 is 21.7. The maximum atomic E-state index is 5.52. The molecule has 9 nitrogen and oxygen atoms in total. The largest absolute Gasteiger partial charge is 0.493 e. The van der Waals surface area contributed by atoms with Gasteiger partial charge in [-0.1, -0.05) is 0 Å². The molecule has 180 valence electrons. The van der Waals surface area contributed by atoms with Crippen molar-refractivity contribution in [3.63, 3.8) is 0 Å². The lowest BCUT2D eigenvalue weighted by Gasteiger charge is -2.29. The van der Waals surface area contributed by atoms with Gasteiger partial charge in [0.15, 0.2) is 17.3 Å². The molecule has 35 heavy (non-hydrogen) atoms. The quantitative estimate of drug-likeness (QED) is 0.422. The zero-order chi connectivity index (χ0) is 24.2. The van der Waals surface area contributed by atoms with Crippen LogP contribution in [-0.2, 0) is 4.74 Å². The van der Waals surface area contributed by atoms with Gasteiger partial charge in [-0.15, -0.1) is 0 Å². The van der Waals surface area contributed by atoms with Gasteiger partial charge in [0.1, 0.15) is 5.82 Å². The summed E-state index contributed by atoms with van der Waals surface area (Å²) in [5.74, 6) is 2.92. The van der Waals surface area contributed by atoms with Crippen LogP contribution in [0.3, 0.4) is 0 Å². The van der Waals surface area contributed by atoms with Crippen LogP contribution in [0.2, 0.25) is 0 Å². The van der Waals surface area contributed by atoms with Crippen LogP contribution in [-0.4, -0.2) is 62.6 Å². The first-order valence-electron chi connectivity index (χ1n) is 11.3. The fraction of sp³-hybridized carbons (Fsp3) is 0.269.